The Morgan fingerprint density at radius 2 is 2.21 bits per heavy atom. The lowest BCUT2D eigenvalue weighted by Crippen LogP contribution is -2.42. The third-order valence-corrected chi connectivity index (χ3v) is 8.20. The predicted octanol–water partition coefficient (Wildman–Crippen LogP) is 5.68. The Kier molecular flexibility index (Phi) is 3.67. The van der Waals surface area contributed by atoms with E-state index < -0.39 is 18.6 Å². The molecule has 28 heavy (non-hydrogen) atoms. The van der Waals surface area contributed by atoms with Crippen molar-refractivity contribution in [1.82, 2.24) is 5.32 Å². The van der Waals surface area contributed by atoms with Crippen LogP contribution in [0.3, 0.4) is 0 Å². The molecule has 1 aliphatic carbocycles. The zero-order chi connectivity index (χ0) is 23.8. The lowest BCUT2D eigenvalue weighted by atomic mass is 9.74. The summed E-state index contributed by atoms with van der Waals surface area (Å²) in [6, 6.07) is 0.169. The molecule has 0 bridgehead atoms. The first kappa shape index (κ1) is 14.3. The monoisotopic (exact) mass is 405 g/mol. The molecule has 4 aliphatic heterocycles. The maximum absolute atomic E-state index is 8.83. The van der Waals surface area contributed by atoms with Crippen LogP contribution in [-0.4, -0.2) is 29.8 Å². The van der Waals surface area contributed by atoms with E-state index in [1.54, 1.807) is 11.8 Å². The highest BCUT2D eigenvalue weighted by Crippen LogP contribution is 2.53. The molecular formula is C24H36N2OS. The van der Waals surface area contributed by atoms with Gasteiger partial charge in [0.15, 0.2) is 6.23 Å². The lowest BCUT2D eigenvalue weighted by Gasteiger charge is -2.35. The van der Waals surface area contributed by atoms with Gasteiger partial charge < -0.3 is 10.1 Å². The first-order valence-electron chi connectivity index (χ1n) is 13.4. The van der Waals surface area contributed by atoms with E-state index in [2.05, 4.69) is 16.4 Å². The van der Waals surface area contributed by atoms with Crippen molar-refractivity contribution in [2.75, 3.05) is 6.54 Å². The standard InChI is InChI=1S/C24H36N2OS/c1-14-8-9-17-16-6-5-7-18(22(16)27-23(17)26-14)21-19-12-15(13-24(2,3)4)28-20(19)10-11-25-21/h10,15-17,19,21,23,25H,5-9,11-13H2,1-4H3/t15-,16-,17?,19-,21?,23?/m0/s1/i1D3,13D2. The van der Waals surface area contributed by atoms with Crippen LogP contribution in [0.5, 0.6) is 0 Å². The summed E-state index contributed by atoms with van der Waals surface area (Å²) in [6.07, 6.45) is 6.03. The molecule has 1 N–H and O–H groups in total. The minimum atomic E-state index is -2.13. The average molecular weight is 406 g/mol. The summed E-state index contributed by atoms with van der Waals surface area (Å²) in [5, 5.41) is 3.67. The Labute approximate surface area is 181 Å². The molecule has 0 amide bonds. The molecule has 5 rings (SSSR count). The molecule has 3 unspecified atom stereocenters. The van der Waals surface area contributed by atoms with Gasteiger partial charge in [-0.3, -0.25) is 4.99 Å². The third-order valence-electron chi connectivity index (χ3n) is 6.87. The molecule has 4 heterocycles. The van der Waals surface area contributed by atoms with E-state index in [9.17, 15) is 0 Å². The van der Waals surface area contributed by atoms with Gasteiger partial charge in [0.05, 0.1) is 0 Å². The van der Waals surface area contributed by atoms with Crippen molar-refractivity contribution in [2.24, 2.45) is 28.2 Å². The van der Waals surface area contributed by atoms with Gasteiger partial charge in [-0.15, -0.1) is 11.8 Å². The summed E-state index contributed by atoms with van der Waals surface area (Å²) >= 11 is 1.74. The molecular weight excluding hydrogens is 364 g/mol. The van der Waals surface area contributed by atoms with E-state index in [-0.39, 0.29) is 29.4 Å². The summed E-state index contributed by atoms with van der Waals surface area (Å²) in [5.41, 5.74) is 1.23. The topological polar surface area (TPSA) is 33.6 Å². The first-order valence-corrected chi connectivity index (χ1v) is 11.8. The number of nitrogens with one attached hydrogen (secondary N) is 1. The fourth-order valence-corrected chi connectivity index (χ4v) is 7.43. The molecule has 0 aromatic rings. The first-order chi connectivity index (χ1) is 15.4. The Morgan fingerprint density at radius 3 is 3.04 bits per heavy atom. The van der Waals surface area contributed by atoms with Crippen molar-refractivity contribution >= 4 is 17.5 Å². The lowest BCUT2D eigenvalue weighted by molar-refractivity contribution is 0.127. The summed E-state index contributed by atoms with van der Waals surface area (Å²) in [5.74, 6) is 1.96. The highest BCUT2D eigenvalue weighted by atomic mass is 32.2. The van der Waals surface area contributed by atoms with Crippen LogP contribution in [0.15, 0.2) is 27.3 Å². The normalized spacial score (nSPS) is 43.9. The Morgan fingerprint density at radius 1 is 1.32 bits per heavy atom. The van der Waals surface area contributed by atoms with Gasteiger partial charge in [0, 0.05) is 48.2 Å². The van der Waals surface area contributed by atoms with E-state index in [0.29, 0.717) is 18.1 Å². The second kappa shape index (κ2) is 7.19. The molecule has 0 aromatic carbocycles. The fourth-order valence-electron chi connectivity index (χ4n) is 5.80. The van der Waals surface area contributed by atoms with Crippen LogP contribution in [0.1, 0.15) is 79.4 Å². The number of thioether (sulfide) groups is 1. The molecule has 0 saturated carbocycles. The molecule has 154 valence electrons. The van der Waals surface area contributed by atoms with Gasteiger partial charge in [-0.2, -0.15) is 0 Å². The Bertz CT molecular complexity index is 904. The second-order valence-electron chi connectivity index (χ2n) is 10.0. The van der Waals surface area contributed by atoms with Gasteiger partial charge in [0.25, 0.3) is 0 Å². The molecule has 5 aliphatic rings. The highest BCUT2D eigenvalue weighted by Gasteiger charge is 2.48. The number of hydrogen-bond donors (Lipinski definition) is 1. The molecule has 0 aromatic heterocycles. The van der Waals surface area contributed by atoms with Crippen LogP contribution in [0.25, 0.3) is 0 Å². The Balaban J connectivity index is 1.43. The summed E-state index contributed by atoms with van der Waals surface area (Å²) < 4.78 is 47.4. The van der Waals surface area contributed by atoms with Crippen molar-refractivity contribution in [1.29, 1.82) is 0 Å². The number of allylic oxidation sites excluding steroid dienone is 1. The maximum atomic E-state index is 8.83. The van der Waals surface area contributed by atoms with E-state index in [1.165, 1.54) is 10.5 Å². The second-order valence-corrected chi connectivity index (χ2v) is 11.3. The maximum Gasteiger partial charge on any atom is 0.192 e. The highest BCUT2D eigenvalue weighted by molar-refractivity contribution is 8.04. The van der Waals surface area contributed by atoms with Gasteiger partial charge >= 0.3 is 0 Å². The van der Waals surface area contributed by atoms with Gasteiger partial charge in [0.1, 0.15) is 5.76 Å². The van der Waals surface area contributed by atoms with Crippen molar-refractivity contribution in [3.63, 3.8) is 0 Å². The molecule has 0 spiro atoms. The zero-order valence-electron chi connectivity index (χ0n) is 22.3. The van der Waals surface area contributed by atoms with E-state index in [0.717, 1.165) is 44.4 Å². The largest absolute Gasteiger partial charge is 0.472 e. The quantitative estimate of drug-likeness (QED) is 0.641. The number of rotatable bonds is 2. The predicted molar refractivity (Wildman–Crippen MR) is 119 cm³/mol. The molecule has 3 nitrogen and oxygen atoms in total. The fraction of sp³-hybridized carbons (Fsp3) is 0.792. The summed E-state index contributed by atoms with van der Waals surface area (Å²) in [4.78, 5) is 5.89. The van der Waals surface area contributed by atoms with E-state index in [4.69, 9.17) is 11.6 Å². The molecule has 6 atom stereocenters. The minimum absolute atomic E-state index is 0.0559. The van der Waals surface area contributed by atoms with Crippen LogP contribution >= 0.6 is 11.8 Å². The van der Waals surface area contributed by atoms with Crippen LogP contribution in [0.4, 0.5) is 0 Å². The van der Waals surface area contributed by atoms with Crippen molar-refractivity contribution < 1.29 is 11.6 Å². The number of nitrogens with zero attached hydrogens (tertiary/aromatic N) is 1. The molecule has 2 saturated heterocycles. The van der Waals surface area contributed by atoms with Gasteiger partial charge in [-0.05, 0) is 67.6 Å². The van der Waals surface area contributed by atoms with E-state index in [1.807, 2.05) is 20.8 Å². The van der Waals surface area contributed by atoms with Crippen molar-refractivity contribution in [3.05, 3.63) is 22.3 Å². The summed E-state index contributed by atoms with van der Waals surface area (Å²) in [7, 11) is 0. The zero-order valence-corrected chi connectivity index (χ0v) is 18.1. The van der Waals surface area contributed by atoms with Crippen LogP contribution < -0.4 is 5.32 Å². The van der Waals surface area contributed by atoms with Gasteiger partial charge in [0.2, 0.25) is 0 Å². The van der Waals surface area contributed by atoms with Crippen LogP contribution in [-0.2, 0) is 4.74 Å². The smallest absolute Gasteiger partial charge is 0.192 e. The average Bonchev–Trinajstić information content (AvgIpc) is 3.33. The molecule has 4 heteroatoms. The van der Waals surface area contributed by atoms with E-state index >= 15 is 0 Å². The minimum Gasteiger partial charge on any atom is -0.472 e. The number of fused-ring (bicyclic) bond motifs is 4. The number of aliphatic imine (C=N–C) groups is 1. The molecule has 0 radical (unpaired) electrons. The summed E-state index contributed by atoms with van der Waals surface area (Å²) in [6.45, 7) is 4.66. The SMILES string of the molecule is [2H]C([2H])([2H])C1=NC2OC3=C(C4NCC=C5S[C@H](C([2H])([2H])C(C)(C)C)C[C@@H]54)CCC[C@H]3C2CC1. The molecule has 2 fully saturated rings. The van der Waals surface area contributed by atoms with Gasteiger partial charge in [-0.25, -0.2) is 0 Å². The number of hydrogen-bond acceptors (Lipinski definition) is 4. The van der Waals surface area contributed by atoms with Crippen molar-refractivity contribution in [3.8, 4) is 0 Å². The third kappa shape index (κ3) is 3.49. The van der Waals surface area contributed by atoms with Crippen LogP contribution in [0, 0.1) is 23.2 Å². The van der Waals surface area contributed by atoms with Crippen LogP contribution in [0.2, 0.25) is 0 Å². The van der Waals surface area contributed by atoms with Gasteiger partial charge in [-0.1, -0.05) is 26.8 Å². The van der Waals surface area contributed by atoms with Crippen molar-refractivity contribution in [2.45, 2.75) is 90.0 Å². The Hall–Kier alpha value is -0.740. The number of ether oxygens (including phenoxy) is 1.